The van der Waals surface area contributed by atoms with Gasteiger partial charge in [-0.15, -0.1) is 0 Å². The summed E-state index contributed by atoms with van der Waals surface area (Å²) in [5, 5.41) is 16.6. The maximum atomic E-state index is 8.72. The molecule has 31 heavy (non-hydrogen) atoms. The van der Waals surface area contributed by atoms with Gasteiger partial charge in [0.25, 0.3) is 0 Å². The van der Waals surface area contributed by atoms with Crippen molar-refractivity contribution in [2.45, 2.75) is 51.1 Å². The van der Waals surface area contributed by atoms with Crippen molar-refractivity contribution in [2.24, 2.45) is 0 Å². The second kappa shape index (κ2) is 7.90. The summed E-state index contributed by atoms with van der Waals surface area (Å²) >= 11 is 0. The number of rotatable bonds is 5. The van der Waals surface area contributed by atoms with Crippen LogP contribution in [-0.2, 0) is 0 Å². The monoisotopic (exact) mass is 415 g/mol. The lowest BCUT2D eigenvalue weighted by molar-refractivity contribution is 0.547. The van der Waals surface area contributed by atoms with Crippen molar-refractivity contribution in [2.75, 3.05) is 9.80 Å². The number of amidine groups is 1. The predicted molar refractivity (Wildman–Crippen MR) is 120 cm³/mol. The molecule has 0 bridgehead atoms. The van der Waals surface area contributed by atoms with Crippen LogP contribution < -0.4 is 9.80 Å². The third-order valence-electron chi connectivity index (χ3n) is 6.18. The summed E-state index contributed by atoms with van der Waals surface area (Å²) in [6.45, 7) is 2.09. The lowest BCUT2D eigenvalue weighted by Crippen LogP contribution is -2.56. The van der Waals surface area contributed by atoms with E-state index in [2.05, 4.69) is 26.8 Å². The highest BCUT2D eigenvalue weighted by atomic mass is 15.4. The van der Waals surface area contributed by atoms with Gasteiger partial charge in [-0.1, -0.05) is 19.8 Å². The van der Waals surface area contributed by atoms with Gasteiger partial charge >= 0.3 is 0 Å². The van der Waals surface area contributed by atoms with Gasteiger partial charge in [0.2, 0.25) is 5.95 Å². The maximum absolute atomic E-state index is 8.72. The lowest BCUT2D eigenvalue weighted by Gasteiger charge is -2.44. The first kappa shape index (κ1) is 19.3. The molecule has 1 atom stereocenters. The molecule has 1 aliphatic carbocycles. The maximum Gasteiger partial charge on any atom is 0.237 e. The van der Waals surface area contributed by atoms with Crippen LogP contribution in [0.3, 0.4) is 0 Å². The van der Waals surface area contributed by atoms with E-state index in [1.165, 1.54) is 19.2 Å². The van der Waals surface area contributed by atoms with Gasteiger partial charge in [0.05, 0.1) is 18.6 Å². The fourth-order valence-corrected chi connectivity index (χ4v) is 4.72. The van der Waals surface area contributed by atoms with Gasteiger partial charge in [-0.2, -0.15) is 4.98 Å². The quantitative estimate of drug-likeness (QED) is 0.486. The van der Waals surface area contributed by atoms with Crippen molar-refractivity contribution in [3.05, 3.63) is 43.1 Å². The van der Waals surface area contributed by atoms with E-state index in [0.717, 1.165) is 36.5 Å². The predicted octanol–water partition coefficient (Wildman–Crippen LogP) is 3.66. The zero-order valence-corrected chi connectivity index (χ0v) is 17.4. The molecule has 5 rings (SSSR count). The van der Waals surface area contributed by atoms with Crippen LogP contribution in [0.25, 0.3) is 17.3 Å². The van der Waals surface area contributed by atoms with Crippen molar-refractivity contribution < 1.29 is 0 Å². The molecule has 0 amide bonds. The number of hydrogen-bond acceptors (Lipinski definition) is 7. The molecule has 1 saturated carbocycles. The topological polar surface area (TPSA) is 111 Å². The third-order valence-corrected chi connectivity index (χ3v) is 6.18. The minimum Gasteiger partial charge on any atom is -0.342 e. The van der Waals surface area contributed by atoms with Crippen molar-refractivity contribution in [1.82, 2.24) is 24.5 Å². The Labute approximate surface area is 180 Å². The standard InChI is InChI=1S/C22H25N9/c1-2-17-19(24)30(14-23)18-13-27-22(28-21(18)31(17)16-5-3-4-6-16)29-12-11-26-20(29)15-7-9-25-10-8-15/h7-14,16-17,23-24H,2-6H2,1H3/t17-/m1/s1. The molecule has 3 aromatic rings. The van der Waals surface area contributed by atoms with Gasteiger partial charge in [0, 0.05) is 36.4 Å². The first-order valence-electron chi connectivity index (χ1n) is 10.7. The fourth-order valence-electron chi connectivity index (χ4n) is 4.72. The number of hydrogen-bond donors (Lipinski definition) is 2. The number of nitrogens with zero attached hydrogens (tertiary/aromatic N) is 7. The summed E-state index contributed by atoms with van der Waals surface area (Å²) in [6, 6.07) is 4.06. The number of aromatic nitrogens is 5. The van der Waals surface area contributed by atoms with Gasteiger partial charge < -0.3 is 4.90 Å². The Morgan fingerprint density at radius 2 is 1.90 bits per heavy atom. The van der Waals surface area contributed by atoms with Gasteiger partial charge in [0.1, 0.15) is 17.3 Å². The van der Waals surface area contributed by atoms with Crippen LogP contribution in [0, 0.1) is 10.8 Å². The number of nitrogens with one attached hydrogen (secondary N) is 2. The Hall–Kier alpha value is -3.62. The smallest absolute Gasteiger partial charge is 0.237 e. The normalized spacial score (nSPS) is 19.0. The molecule has 0 radical (unpaired) electrons. The highest BCUT2D eigenvalue weighted by Gasteiger charge is 2.40. The molecule has 158 valence electrons. The van der Waals surface area contributed by atoms with Crippen LogP contribution >= 0.6 is 0 Å². The van der Waals surface area contributed by atoms with Gasteiger partial charge in [-0.05, 0) is 31.4 Å². The zero-order valence-electron chi connectivity index (χ0n) is 17.4. The summed E-state index contributed by atoms with van der Waals surface area (Å²) in [4.78, 5) is 22.1. The van der Waals surface area contributed by atoms with Crippen LogP contribution in [0.4, 0.5) is 11.5 Å². The number of pyridine rings is 1. The highest BCUT2D eigenvalue weighted by molar-refractivity contribution is 6.16. The highest BCUT2D eigenvalue weighted by Crippen LogP contribution is 2.40. The van der Waals surface area contributed by atoms with Crippen LogP contribution in [0.5, 0.6) is 0 Å². The third kappa shape index (κ3) is 3.17. The van der Waals surface area contributed by atoms with E-state index in [9.17, 15) is 0 Å². The minimum absolute atomic E-state index is 0.109. The molecule has 2 N–H and O–H groups in total. The molecule has 1 fully saturated rings. The van der Waals surface area contributed by atoms with E-state index in [4.69, 9.17) is 15.8 Å². The summed E-state index contributed by atoms with van der Waals surface area (Å²) in [7, 11) is 0. The van der Waals surface area contributed by atoms with Crippen LogP contribution in [0.15, 0.2) is 43.1 Å². The summed E-state index contributed by atoms with van der Waals surface area (Å²) in [5.74, 6) is 2.47. The van der Waals surface area contributed by atoms with Crippen molar-refractivity contribution >= 4 is 23.7 Å². The molecule has 4 heterocycles. The minimum atomic E-state index is -0.109. The molecule has 3 aromatic heterocycles. The Morgan fingerprint density at radius 3 is 2.61 bits per heavy atom. The number of anilines is 2. The van der Waals surface area contributed by atoms with E-state index in [-0.39, 0.29) is 6.04 Å². The van der Waals surface area contributed by atoms with E-state index in [0.29, 0.717) is 23.5 Å². The van der Waals surface area contributed by atoms with E-state index >= 15 is 0 Å². The zero-order chi connectivity index (χ0) is 21.4. The molecular weight excluding hydrogens is 390 g/mol. The van der Waals surface area contributed by atoms with E-state index < -0.39 is 0 Å². The lowest BCUT2D eigenvalue weighted by atomic mass is 10.0. The van der Waals surface area contributed by atoms with Gasteiger partial charge in [0.15, 0.2) is 5.82 Å². The van der Waals surface area contributed by atoms with Crippen LogP contribution in [0.2, 0.25) is 0 Å². The average Bonchev–Trinajstić information content (AvgIpc) is 3.51. The molecule has 0 saturated heterocycles. The Bertz CT molecular complexity index is 1100. The number of imidazole rings is 1. The molecular formula is C22H25N9. The van der Waals surface area contributed by atoms with Gasteiger partial charge in [-0.25, -0.2) is 9.97 Å². The van der Waals surface area contributed by atoms with Crippen molar-refractivity contribution in [3.8, 4) is 17.3 Å². The summed E-state index contributed by atoms with van der Waals surface area (Å²) in [6.07, 6.45) is 15.4. The molecule has 9 heteroatoms. The largest absolute Gasteiger partial charge is 0.342 e. The molecule has 0 unspecified atom stereocenters. The second-order valence-electron chi connectivity index (χ2n) is 7.89. The molecule has 0 aromatic carbocycles. The molecule has 9 nitrogen and oxygen atoms in total. The van der Waals surface area contributed by atoms with Gasteiger partial charge in [-0.3, -0.25) is 25.3 Å². The van der Waals surface area contributed by atoms with Crippen LogP contribution in [-0.4, -0.2) is 48.8 Å². The first-order valence-corrected chi connectivity index (χ1v) is 10.7. The SMILES string of the molecule is CC[C@@H]1C(=N)N(C=N)c2cnc(-n3ccnc3-c3ccncc3)nc2N1C1CCCC1. The Kier molecular flexibility index (Phi) is 4.93. The summed E-state index contributed by atoms with van der Waals surface area (Å²) in [5.41, 5.74) is 1.62. The van der Waals surface area contributed by atoms with Crippen LogP contribution in [0.1, 0.15) is 39.0 Å². The Morgan fingerprint density at radius 1 is 1.13 bits per heavy atom. The van der Waals surface area contributed by atoms with Crippen molar-refractivity contribution in [1.29, 1.82) is 10.8 Å². The average molecular weight is 416 g/mol. The number of fused-ring (bicyclic) bond motifs is 1. The van der Waals surface area contributed by atoms with Crippen molar-refractivity contribution in [3.63, 3.8) is 0 Å². The van der Waals surface area contributed by atoms with E-state index in [1.54, 1.807) is 29.7 Å². The molecule has 0 spiro atoms. The van der Waals surface area contributed by atoms with E-state index in [1.807, 2.05) is 22.9 Å². The Balaban J connectivity index is 1.65. The second-order valence-corrected chi connectivity index (χ2v) is 7.89. The first-order chi connectivity index (χ1) is 15.2. The molecule has 1 aliphatic heterocycles. The molecule has 2 aliphatic rings. The fraction of sp³-hybridized carbons (Fsp3) is 0.364. The summed E-state index contributed by atoms with van der Waals surface area (Å²) < 4.78 is 1.87.